The highest BCUT2D eigenvalue weighted by Crippen LogP contribution is 2.41. The number of aromatic hydroxyl groups is 1. The Hall–Kier alpha value is -2.79. The van der Waals surface area contributed by atoms with Gasteiger partial charge in [-0.05, 0) is 60.5 Å². The Morgan fingerprint density at radius 3 is 2.12 bits per heavy atom. The molecule has 2 N–H and O–H groups in total. The van der Waals surface area contributed by atoms with Gasteiger partial charge in [-0.15, -0.1) is 0 Å². The third-order valence-electron chi connectivity index (χ3n) is 5.93. The van der Waals surface area contributed by atoms with E-state index in [0.29, 0.717) is 24.3 Å². The lowest BCUT2D eigenvalue weighted by Gasteiger charge is -2.27. The van der Waals surface area contributed by atoms with Crippen molar-refractivity contribution in [2.24, 2.45) is 0 Å². The Morgan fingerprint density at radius 2 is 1.59 bits per heavy atom. The number of nitrogens with one attached hydrogen (secondary N) is 1. The average Bonchev–Trinajstić information content (AvgIpc) is 3.21. The van der Waals surface area contributed by atoms with E-state index in [9.17, 15) is 5.11 Å². The van der Waals surface area contributed by atoms with Crippen LogP contribution >= 0.6 is 0 Å². The standard InChI is InChI=1S/C29H40N2O3/c1-9-30-19(2)14-20-10-12-23(13-11-20)33-17-22-18-34-27(31-22)21-15-24(28(3,4)5)26(32)25(16-21)29(6,7)8/h10-13,15-16,18-19,30,32H,9,14,17H2,1-8H3. The number of hydrogen-bond donors (Lipinski definition) is 2. The molecule has 184 valence electrons. The largest absolute Gasteiger partial charge is 0.507 e. The van der Waals surface area contributed by atoms with Crippen molar-refractivity contribution in [1.82, 2.24) is 10.3 Å². The molecule has 0 radical (unpaired) electrons. The minimum absolute atomic E-state index is 0.213. The normalized spacial score (nSPS) is 13.2. The van der Waals surface area contributed by atoms with Crippen LogP contribution in [0.2, 0.25) is 0 Å². The van der Waals surface area contributed by atoms with Gasteiger partial charge < -0.3 is 19.6 Å². The molecule has 1 aromatic heterocycles. The van der Waals surface area contributed by atoms with Crippen LogP contribution < -0.4 is 10.1 Å². The first-order valence-corrected chi connectivity index (χ1v) is 12.2. The van der Waals surface area contributed by atoms with Crippen LogP contribution in [0.25, 0.3) is 11.5 Å². The minimum atomic E-state index is -0.213. The zero-order valence-corrected chi connectivity index (χ0v) is 22.0. The van der Waals surface area contributed by atoms with Gasteiger partial charge in [0.25, 0.3) is 0 Å². The monoisotopic (exact) mass is 464 g/mol. The van der Waals surface area contributed by atoms with E-state index in [4.69, 9.17) is 9.15 Å². The van der Waals surface area contributed by atoms with Gasteiger partial charge in [-0.3, -0.25) is 0 Å². The second kappa shape index (κ2) is 10.2. The van der Waals surface area contributed by atoms with Crippen LogP contribution in [0.15, 0.2) is 47.1 Å². The smallest absolute Gasteiger partial charge is 0.226 e. The molecule has 0 amide bonds. The summed E-state index contributed by atoms with van der Waals surface area (Å²) in [4.78, 5) is 4.67. The number of oxazole rings is 1. The van der Waals surface area contributed by atoms with Crippen LogP contribution in [0.3, 0.4) is 0 Å². The molecule has 1 unspecified atom stereocenters. The minimum Gasteiger partial charge on any atom is -0.507 e. The number of rotatable bonds is 8. The van der Waals surface area contributed by atoms with E-state index < -0.39 is 0 Å². The molecule has 34 heavy (non-hydrogen) atoms. The fourth-order valence-electron chi connectivity index (χ4n) is 4.06. The van der Waals surface area contributed by atoms with Crippen molar-refractivity contribution in [3.8, 4) is 23.0 Å². The van der Waals surface area contributed by atoms with Crippen LogP contribution in [0.5, 0.6) is 11.5 Å². The number of hydrogen-bond acceptors (Lipinski definition) is 5. The van der Waals surface area contributed by atoms with Crippen LogP contribution in [-0.4, -0.2) is 22.7 Å². The maximum atomic E-state index is 11.0. The van der Waals surface area contributed by atoms with Gasteiger partial charge in [0.05, 0.1) is 0 Å². The van der Waals surface area contributed by atoms with E-state index in [1.807, 2.05) is 24.3 Å². The van der Waals surface area contributed by atoms with Crippen molar-refractivity contribution in [2.45, 2.75) is 85.3 Å². The maximum Gasteiger partial charge on any atom is 0.226 e. The van der Waals surface area contributed by atoms with Gasteiger partial charge in [0.2, 0.25) is 5.89 Å². The van der Waals surface area contributed by atoms with Gasteiger partial charge in [-0.2, -0.15) is 0 Å². The van der Waals surface area contributed by atoms with Gasteiger partial charge >= 0.3 is 0 Å². The molecule has 0 saturated carbocycles. The summed E-state index contributed by atoms with van der Waals surface area (Å²) in [5.74, 6) is 1.68. The first kappa shape index (κ1) is 25.8. The van der Waals surface area contributed by atoms with E-state index in [-0.39, 0.29) is 10.8 Å². The summed E-state index contributed by atoms with van der Waals surface area (Å²) in [6.07, 6.45) is 2.63. The van der Waals surface area contributed by atoms with E-state index in [2.05, 4.69) is 77.8 Å². The first-order chi connectivity index (χ1) is 15.9. The van der Waals surface area contributed by atoms with Gasteiger partial charge in [0.15, 0.2) is 0 Å². The summed E-state index contributed by atoms with van der Waals surface area (Å²) in [5, 5.41) is 14.4. The van der Waals surface area contributed by atoms with Crippen molar-refractivity contribution in [1.29, 1.82) is 0 Å². The SMILES string of the molecule is CCNC(C)Cc1ccc(OCc2coc(-c3cc(C(C)(C)C)c(O)c(C(C)(C)C)c3)n2)cc1. The van der Waals surface area contributed by atoms with Crippen LogP contribution in [-0.2, 0) is 23.9 Å². The lowest BCUT2D eigenvalue weighted by atomic mass is 9.78. The molecule has 0 fully saturated rings. The summed E-state index contributed by atoms with van der Waals surface area (Å²) in [6, 6.07) is 12.6. The second-order valence-corrected chi connectivity index (χ2v) is 11.2. The molecular formula is C29H40N2O3. The predicted molar refractivity (Wildman–Crippen MR) is 139 cm³/mol. The van der Waals surface area contributed by atoms with Crippen molar-refractivity contribution >= 4 is 0 Å². The van der Waals surface area contributed by atoms with Gasteiger partial charge in [-0.25, -0.2) is 4.98 Å². The molecule has 1 heterocycles. The summed E-state index contributed by atoms with van der Waals surface area (Å²) < 4.78 is 11.8. The Kier molecular flexibility index (Phi) is 7.77. The Morgan fingerprint density at radius 1 is 1.00 bits per heavy atom. The molecule has 0 spiro atoms. The van der Waals surface area contributed by atoms with Crippen LogP contribution in [0, 0.1) is 0 Å². The summed E-state index contributed by atoms with van der Waals surface area (Å²) in [6.45, 7) is 18.2. The molecule has 3 aromatic rings. The van der Waals surface area contributed by atoms with E-state index in [1.165, 1.54) is 5.56 Å². The summed E-state index contributed by atoms with van der Waals surface area (Å²) in [5.41, 5.74) is 4.20. The van der Waals surface area contributed by atoms with Crippen molar-refractivity contribution in [2.75, 3.05) is 6.54 Å². The highest BCUT2D eigenvalue weighted by molar-refractivity contribution is 5.63. The van der Waals surface area contributed by atoms with Crippen LogP contribution in [0.4, 0.5) is 0 Å². The Labute approximate surface area is 204 Å². The van der Waals surface area contributed by atoms with Gasteiger partial charge in [0, 0.05) is 22.7 Å². The third-order valence-corrected chi connectivity index (χ3v) is 5.93. The average molecular weight is 465 g/mol. The lowest BCUT2D eigenvalue weighted by molar-refractivity contribution is 0.301. The number of nitrogens with zero attached hydrogens (tertiary/aromatic N) is 1. The molecule has 5 heteroatoms. The predicted octanol–water partition coefficient (Wildman–Crippen LogP) is 6.76. The molecule has 0 aliphatic heterocycles. The number of phenolic OH excluding ortho intramolecular Hbond substituents is 1. The highest BCUT2D eigenvalue weighted by atomic mass is 16.5. The van der Waals surface area contributed by atoms with Crippen molar-refractivity contribution in [3.63, 3.8) is 0 Å². The molecule has 0 aliphatic carbocycles. The second-order valence-electron chi connectivity index (χ2n) is 11.2. The Bertz CT molecular complexity index is 1050. The lowest BCUT2D eigenvalue weighted by Crippen LogP contribution is -2.27. The molecule has 0 bridgehead atoms. The topological polar surface area (TPSA) is 67.5 Å². The summed E-state index contributed by atoms with van der Waals surface area (Å²) in [7, 11) is 0. The fraction of sp³-hybridized carbons (Fsp3) is 0.483. The molecular weight excluding hydrogens is 424 g/mol. The van der Waals surface area contributed by atoms with E-state index >= 15 is 0 Å². The number of likely N-dealkylation sites (N-methyl/N-ethyl adjacent to an activating group) is 1. The zero-order valence-electron chi connectivity index (χ0n) is 22.0. The molecule has 1 atom stereocenters. The number of aromatic nitrogens is 1. The molecule has 3 rings (SSSR count). The third kappa shape index (κ3) is 6.41. The number of phenols is 1. The highest BCUT2D eigenvalue weighted by Gasteiger charge is 2.27. The number of benzene rings is 2. The number of ether oxygens (including phenoxy) is 1. The van der Waals surface area contributed by atoms with Crippen molar-refractivity contribution in [3.05, 3.63) is 65.0 Å². The van der Waals surface area contributed by atoms with Gasteiger partial charge in [0.1, 0.15) is 30.1 Å². The first-order valence-electron chi connectivity index (χ1n) is 12.2. The van der Waals surface area contributed by atoms with E-state index in [1.54, 1.807) is 6.26 Å². The van der Waals surface area contributed by atoms with Gasteiger partial charge in [-0.1, -0.05) is 60.6 Å². The quantitative estimate of drug-likeness (QED) is 0.385. The fourth-order valence-corrected chi connectivity index (χ4v) is 4.06. The van der Waals surface area contributed by atoms with Crippen molar-refractivity contribution < 1.29 is 14.3 Å². The molecule has 5 nitrogen and oxygen atoms in total. The summed E-state index contributed by atoms with van der Waals surface area (Å²) >= 11 is 0. The molecule has 0 saturated heterocycles. The zero-order chi connectivity index (χ0) is 25.1. The van der Waals surface area contributed by atoms with E-state index in [0.717, 1.165) is 41.1 Å². The Balaban J connectivity index is 1.75. The maximum absolute atomic E-state index is 11.0. The van der Waals surface area contributed by atoms with Crippen LogP contribution in [0.1, 0.15) is 77.8 Å². The molecule has 2 aromatic carbocycles. The molecule has 0 aliphatic rings.